The van der Waals surface area contributed by atoms with Gasteiger partial charge in [-0.25, -0.2) is 4.79 Å². The van der Waals surface area contributed by atoms with E-state index in [2.05, 4.69) is 33.0 Å². The third-order valence-corrected chi connectivity index (χ3v) is 6.61. The van der Waals surface area contributed by atoms with Crippen LogP contribution in [0.1, 0.15) is 45.9 Å². The number of benzene rings is 3. The molecule has 5 N–H and O–H groups in total. The molecular formula is C29H35N5O3. The number of nitrogen functional groups attached to an aromatic ring is 1. The van der Waals surface area contributed by atoms with E-state index < -0.39 is 0 Å². The van der Waals surface area contributed by atoms with Gasteiger partial charge in [0.1, 0.15) is 5.75 Å². The number of ether oxygens (including phenoxy) is 1. The highest BCUT2D eigenvalue weighted by Gasteiger charge is 2.18. The summed E-state index contributed by atoms with van der Waals surface area (Å²) in [6, 6.07) is 18.0. The van der Waals surface area contributed by atoms with Crippen molar-refractivity contribution < 1.29 is 14.3 Å². The summed E-state index contributed by atoms with van der Waals surface area (Å²) in [7, 11) is 5.56. The van der Waals surface area contributed by atoms with E-state index in [1.54, 1.807) is 37.4 Å². The number of urea groups is 1. The van der Waals surface area contributed by atoms with Gasteiger partial charge in [-0.05, 0) is 99.4 Å². The van der Waals surface area contributed by atoms with Crippen LogP contribution < -0.4 is 26.4 Å². The lowest BCUT2D eigenvalue weighted by molar-refractivity contribution is 0.102. The second kappa shape index (κ2) is 11.8. The van der Waals surface area contributed by atoms with Crippen LogP contribution in [-0.4, -0.2) is 44.6 Å². The lowest BCUT2D eigenvalue weighted by Crippen LogP contribution is -2.34. The Labute approximate surface area is 218 Å². The minimum Gasteiger partial charge on any atom is -0.497 e. The number of aryl methyl sites for hydroxylation is 2. The molecule has 4 rings (SSSR count). The number of hydrogen-bond acceptors (Lipinski definition) is 5. The van der Waals surface area contributed by atoms with Crippen molar-refractivity contribution in [3.63, 3.8) is 0 Å². The molecule has 1 aliphatic carbocycles. The topological polar surface area (TPSA) is 109 Å². The second-order valence-corrected chi connectivity index (χ2v) is 9.61. The number of carbonyl (C=O) groups is 2. The molecule has 194 valence electrons. The molecule has 1 unspecified atom stereocenters. The van der Waals surface area contributed by atoms with Crippen LogP contribution in [0.4, 0.5) is 21.9 Å². The molecule has 8 heteroatoms. The zero-order chi connectivity index (χ0) is 26.4. The van der Waals surface area contributed by atoms with Gasteiger partial charge >= 0.3 is 6.03 Å². The third-order valence-electron chi connectivity index (χ3n) is 6.61. The number of nitrogens with two attached hydrogens (primary N) is 1. The molecule has 3 aromatic rings. The summed E-state index contributed by atoms with van der Waals surface area (Å²) in [5.41, 5.74) is 11.8. The lowest BCUT2D eigenvalue weighted by atomic mass is 10.0. The molecule has 0 saturated heterocycles. The minimum absolute atomic E-state index is 0.219. The maximum Gasteiger partial charge on any atom is 0.319 e. The highest BCUT2D eigenvalue weighted by Crippen LogP contribution is 2.26. The van der Waals surface area contributed by atoms with Crippen LogP contribution in [0.3, 0.4) is 0 Å². The van der Waals surface area contributed by atoms with E-state index >= 15 is 0 Å². The first-order chi connectivity index (χ1) is 17.8. The smallest absolute Gasteiger partial charge is 0.319 e. The molecule has 0 spiro atoms. The van der Waals surface area contributed by atoms with Crippen LogP contribution in [0.5, 0.6) is 5.75 Å². The van der Waals surface area contributed by atoms with E-state index in [0.29, 0.717) is 22.7 Å². The largest absolute Gasteiger partial charge is 0.497 e. The predicted octanol–water partition coefficient (Wildman–Crippen LogP) is 4.83. The van der Waals surface area contributed by atoms with Crippen LogP contribution in [0, 0.1) is 0 Å². The van der Waals surface area contributed by atoms with E-state index in [0.717, 1.165) is 37.1 Å². The fraction of sp³-hybridized carbons (Fsp3) is 0.310. The van der Waals surface area contributed by atoms with Crippen molar-refractivity contribution in [3.8, 4) is 5.75 Å². The van der Waals surface area contributed by atoms with E-state index in [1.807, 2.05) is 32.3 Å². The standard InChI is InChI=1S/C29H35N5O3/c1-34(2)16-15-26(33-29(36)31-23-12-11-19-5-4-6-22(19)17-23)20-7-9-21(10-8-20)28(35)32-27-18-24(37-3)13-14-25(27)30/h7-14,17-18,26H,4-6,15-16,30H2,1-3H3,(H,32,35)(H2,31,33,36). The van der Waals surface area contributed by atoms with Gasteiger partial charge in [-0.2, -0.15) is 0 Å². The summed E-state index contributed by atoms with van der Waals surface area (Å²) >= 11 is 0. The van der Waals surface area contributed by atoms with Crippen LogP contribution in [0.25, 0.3) is 0 Å². The quantitative estimate of drug-likeness (QED) is 0.314. The Bertz CT molecular complexity index is 1260. The van der Waals surface area contributed by atoms with Crippen molar-refractivity contribution in [2.45, 2.75) is 31.7 Å². The molecule has 0 fully saturated rings. The number of fused-ring (bicyclic) bond motifs is 1. The molecule has 0 radical (unpaired) electrons. The number of anilines is 3. The highest BCUT2D eigenvalue weighted by atomic mass is 16.5. The fourth-order valence-corrected chi connectivity index (χ4v) is 4.52. The first kappa shape index (κ1) is 26.0. The SMILES string of the molecule is COc1ccc(N)c(NC(=O)c2ccc(C(CCN(C)C)NC(=O)Nc3ccc4c(c3)CCC4)cc2)c1. The molecule has 1 aliphatic rings. The van der Waals surface area contributed by atoms with Crippen molar-refractivity contribution in [1.82, 2.24) is 10.2 Å². The van der Waals surface area contributed by atoms with E-state index in [4.69, 9.17) is 10.5 Å². The number of nitrogens with zero attached hydrogens (tertiary/aromatic N) is 1. The molecule has 0 aliphatic heterocycles. The Morgan fingerprint density at radius 2 is 1.73 bits per heavy atom. The first-order valence-corrected chi connectivity index (χ1v) is 12.5. The molecule has 0 heterocycles. The predicted molar refractivity (Wildman–Crippen MR) is 148 cm³/mol. The molecule has 0 saturated carbocycles. The van der Waals surface area contributed by atoms with E-state index in [9.17, 15) is 9.59 Å². The Kier molecular flexibility index (Phi) is 8.30. The zero-order valence-corrected chi connectivity index (χ0v) is 21.6. The Balaban J connectivity index is 1.44. The van der Waals surface area contributed by atoms with Gasteiger partial charge in [0.05, 0.1) is 24.5 Å². The summed E-state index contributed by atoms with van der Waals surface area (Å²) in [5, 5.41) is 8.92. The van der Waals surface area contributed by atoms with Crippen LogP contribution in [0.15, 0.2) is 60.7 Å². The Morgan fingerprint density at radius 3 is 2.46 bits per heavy atom. The van der Waals surface area contributed by atoms with Gasteiger partial charge in [-0.15, -0.1) is 0 Å². The number of hydrogen-bond donors (Lipinski definition) is 4. The number of rotatable bonds is 9. The molecule has 1 atom stereocenters. The minimum atomic E-state index is -0.279. The van der Waals surface area contributed by atoms with Gasteiger partial charge in [-0.1, -0.05) is 18.2 Å². The average Bonchev–Trinajstić information content (AvgIpc) is 3.36. The van der Waals surface area contributed by atoms with Gasteiger partial charge in [-0.3, -0.25) is 4.79 Å². The van der Waals surface area contributed by atoms with Crippen LogP contribution in [-0.2, 0) is 12.8 Å². The van der Waals surface area contributed by atoms with Crippen LogP contribution in [0.2, 0.25) is 0 Å². The van der Waals surface area contributed by atoms with Gasteiger partial charge in [0.2, 0.25) is 0 Å². The molecule has 8 nitrogen and oxygen atoms in total. The Hall–Kier alpha value is -4.04. The monoisotopic (exact) mass is 501 g/mol. The van der Waals surface area contributed by atoms with Crippen molar-refractivity contribution in [2.75, 3.05) is 44.1 Å². The van der Waals surface area contributed by atoms with E-state index in [1.165, 1.54) is 17.5 Å². The second-order valence-electron chi connectivity index (χ2n) is 9.61. The highest BCUT2D eigenvalue weighted by molar-refractivity contribution is 6.05. The van der Waals surface area contributed by atoms with Crippen molar-refractivity contribution in [3.05, 3.63) is 82.9 Å². The van der Waals surface area contributed by atoms with Gasteiger partial charge in [0.25, 0.3) is 5.91 Å². The zero-order valence-electron chi connectivity index (χ0n) is 21.6. The summed E-state index contributed by atoms with van der Waals surface area (Å²) in [4.78, 5) is 27.8. The fourth-order valence-electron chi connectivity index (χ4n) is 4.52. The average molecular weight is 502 g/mol. The molecule has 0 bridgehead atoms. The maximum atomic E-state index is 12.9. The number of carbonyl (C=O) groups excluding carboxylic acids is 2. The number of nitrogens with one attached hydrogen (secondary N) is 3. The molecular weight excluding hydrogens is 466 g/mol. The summed E-state index contributed by atoms with van der Waals surface area (Å²) in [6.07, 6.45) is 4.05. The normalized spacial score (nSPS) is 13.1. The summed E-state index contributed by atoms with van der Waals surface area (Å²) in [6.45, 7) is 0.793. The van der Waals surface area contributed by atoms with Gasteiger partial charge in [0.15, 0.2) is 0 Å². The van der Waals surface area contributed by atoms with Gasteiger partial charge in [0, 0.05) is 17.3 Å². The molecule has 37 heavy (non-hydrogen) atoms. The molecule has 3 aromatic carbocycles. The number of amides is 3. The van der Waals surface area contributed by atoms with Crippen LogP contribution >= 0.6 is 0 Å². The van der Waals surface area contributed by atoms with Crippen molar-refractivity contribution in [1.29, 1.82) is 0 Å². The summed E-state index contributed by atoms with van der Waals surface area (Å²) < 4.78 is 5.22. The van der Waals surface area contributed by atoms with E-state index in [-0.39, 0.29) is 18.0 Å². The molecule has 3 amide bonds. The third kappa shape index (κ3) is 6.80. The summed E-state index contributed by atoms with van der Waals surface area (Å²) in [5.74, 6) is 0.325. The lowest BCUT2D eigenvalue weighted by Gasteiger charge is -2.22. The Morgan fingerprint density at radius 1 is 0.973 bits per heavy atom. The van der Waals surface area contributed by atoms with Crippen molar-refractivity contribution in [2.24, 2.45) is 0 Å². The van der Waals surface area contributed by atoms with Crippen molar-refractivity contribution >= 4 is 29.0 Å². The number of methoxy groups -OCH3 is 1. The van der Waals surface area contributed by atoms with Gasteiger partial charge < -0.3 is 31.3 Å². The maximum absolute atomic E-state index is 12.9. The molecule has 0 aromatic heterocycles. The first-order valence-electron chi connectivity index (χ1n) is 12.5.